The van der Waals surface area contributed by atoms with E-state index in [2.05, 4.69) is 26.1 Å². The highest BCUT2D eigenvalue weighted by Crippen LogP contribution is 2.27. The first-order chi connectivity index (χ1) is 15.9. The molecule has 2 aliphatic rings. The molecule has 2 aromatic rings. The second-order valence-corrected chi connectivity index (χ2v) is 8.01. The molecule has 0 saturated heterocycles. The van der Waals surface area contributed by atoms with Crippen molar-refractivity contribution in [2.75, 3.05) is 10.6 Å². The number of carboxylic acid groups (broad SMARTS) is 1. The number of carbonyl (C=O) groups excluding carboxylic acids is 1. The van der Waals surface area contributed by atoms with Crippen molar-refractivity contribution in [2.45, 2.75) is 38.0 Å². The van der Waals surface area contributed by atoms with Crippen molar-refractivity contribution in [3.8, 4) is 5.88 Å². The number of aliphatic carboxylic acids is 1. The van der Waals surface area contributed by atoms with Crippen LogP contribution in [0.15, 0.2) is 41.6 Å². The van der Waals surface area contributed by atoms with Gasteiger partial charge in [-0.15, -0.1) is 5.10 Å². The van der Waals surface area contributed by atoms with E-state index < -0.39 is 23.9 Å². The highest BCUT2D eigenvalue weighted by atomic mass is 35.5. The summed E-state index contributed by atoms with van der Waals surface area (Å²) in [5.74, 6) is -1.73. The van der Waals surface area contributed by atoms with Gasteiger partial charge in [-0.05, 0) is 49.9 Å². The van der Waals surface area contributed by atoms with Crippen LogP contribution in [0.5, 0.6) is 5.88 Å². The molecule has 0 radical (unpaired) electrons. The summed E-state index contributed by atoms with van der Waals surface area (Å²) < 4.78 is 24.5. The standard InChI is InChI=1S/C21H21ClFN5O5/c22-15-9-12(3-7-16(15)23)26-21-28-27-19(33-21)18(29)25-13-4-8-17(24-10-13)32-14-5-1-11(2-6-14)20(30)31/h3-4,7-11,14,19,27H,1-2,5-6H2,(H,25,29)(H,26,28)(H,30,31). The lowest BCUT2D eigenvalue weighted by Gasteiger charge is -2.26. The van der Waals surface area contributed by atoms with Crippen molar-refractivity contribution in [1.82, 2.24) is 10.4 Å². The molecule has 1 aliphatic carbocycles. The minimum Gasteiger partial charge on any atom is -0.481 e. The summed E-state index contributed by atoms with van der Waals surface area (Å²) in [5, 5.41) is 18.3. The van der Waals surface area contributed by atoms with Crippen molar-refractivity contribution in [1.29, 1.82) is 0 Å². The van der Waals surface area contributed by atoms with Gasteiger partial charge in [0.25, 0.3) is 12.1 Å². The zero-order valence-electron chi connectivity index (χ0n) is 17.3. The number of hydrazone groups is 1. The van der Waals surface area contributed by atoms with Gasteiger partial charge in [-0.3, -0.25) is 15.0 Å². The minimum absolute atomic E-state index is 0.0253. The van der Waals surface area contributed by atoms with Crippen molar-refractivity contribution in [3.63, 3.8) is 0 Å². The zero-order chi connectivity index (χ0) is 23.4. The first-order valence-electron chi connectivity index (χ1n) is 10.3. The third-order valence-electron chi connectivity index (χ3n) is 5.24. The SMILES string of the molecule is O=C(O)C1CCC(Oc2ccc(NC(=O)C3NN=C(Nc4ccc(F)c(Cl)c4)O3)cn2)CC1. The molecule has 4 rings (SSSR count). The van der Waals surface area contributed by atoms with E-state index in [-0.39, 0.29) is 23.1 Å². The molecular weight excluding hydrogens is 457 g/mol. The average Bonchev–Trinajstić information content (AvgIpc) is 3.27. The van der Waals surface area contributed by atoms with Crippen molar-refractivity contribution < 1.29 is 28.6 Å². The second kappa shape index (κ2) is 9.90. The molecule has 0 bridgehead atoms. The Kier molecular flexibility index (Phi) is 6.78. The number of halogens is 2. The van der Waals surface area contributed by atoms with Gasteiger partial charge in [-0.2, -0.15) is 0 Å². The molecule has 1 unspecified atom stereocenters. The van der Waals surface area contributed by atoms with E-state index >= 15 is 0 Å². The number of carboxylic acids is 1. The van der Waals surface area contributed by atoms with Crippen molar-refractivity contribution in [2.24, 2.45) is 11.0 Å². The van der Waals surface area contributed by atoms with Gasteiger partial charge in [0.2, 0.25) is 5.88 Å². The molecule has 0 spiro atoms. The normalized spacial score (nSPS) is 21.9. The maximum Gasteiger partial charge on any atom is 0.313 e. The first kappa shape index (κ1) is 22.6. The quantitative estimate of drug-likeness (QED) is 0.498. The number of amidine groups is 1. The second-order valence-electron chi connectivity index (χ2n) is 7.60. The number of benzene rings is 1. The fourth-order valence-electron chi connectivity index (χ4n) is 3.48. The van der Waals surface area contributed by atoms with Crippen LogP contribution in [0.2, 0.25) is 5.02 Å². The molecule has 1 saturated carbocycles. The van der Waals surface area contributed by atoms with Crippen molar-refractivity contribution in [3.05, 3.63) is 47.4 Å². The van der Waals surface area contributed by atoms with E-state index in [9.17, 15) is 14.0 Å². The van der Waals surface area contributed by atoms with Crippen LogP contribution < -0.4 is 20.8 Å². The predicted molar refractivity (Wildman–Crippen MR) is 117 cm³/mol. The number of carbonyl (C=O) groups is 2. The van der Waals surface area contributed by atoms with Gasteiger partial charge in [0.15, 0.2) is 0 Å². The van der Waals surface area contributed by atoms with Gasteiger partial charge >= 0.3 is 12.0 Å². The number of amides is 1. The fraction of sp³-hybridized carbons (Fsp3) is 0.333. The Morgan fingerprint density at radius 1 is 1.18 bits per heavy atom. The average molecular weight is 478 g/mol. The number of hydrogen-bond acceptors (Lipinski definition) is 8. The predicted octanol–water partition coefficient (Wildman–Crippen LogP) is 3.16. The van der Waals surface area contributed by atoms with Gasteiger partial charge in [-0.25, -0.2) is 9.37 Å². The third-order valence-corrected chi connectivity index (χ3v) is 5.53. The lowest BCUT2D eigenvalue weighted by molar-refractivity contribution is -0.143. The van der Waals surface area contributed by atoms with E-state index in [0.717, 1.165) is 0 Å². The van der Waals surface area contributed by atoms with Gasteiger partial charge in [-0.1, -0.05) is 11.6 Å². The molecule has 1 aliphatic heterocycles. The Morgan fingerprint density at radius 2 is 1.94 bits per heavy atom. The van der Waals surface area contributed by atoms with Crippen LogP contribution in [-0.2, 0) is 14.3 Å². The van der Waals surface area contributed by atoms with Crippen LogP contribution >= 0.6 is 11.6 Å². The van der Waals surface area contributed by atoms with Crippen LogP contribution in [0.4, 0.5) is 15.8 Å². The van der Waals surface area contributed by atoms with Gasteiger partial charge in [0.05, 0.1) is 22.8 Å². The van der Waals surface area contributed by atoms with E-state index in [1.54, 1.807) is 12.1 Å². The molecule has 10 nitrogen and oxygen atoms in total. The summed E-state index contributed by atoms with van der Waals surface area (Å²) >= 11 is 5.74. The zero-order valence-corrected chi connectivity index (χ0v) is 18.0. The fourth-order valence-corrected chi connectivity index (χ4v) is 3.66. The summed E-state index contributed by atoms with van der Waals surface area (Å²) in [6.07, 6.45) is 2.76. The summed E-state index contributed by atoms with van der Waals surface area (Å²) in [5.41, 5.74) is 3.42. The summed E-state index contributed by atoms with van der Waals surface area (Å²) in [6, 6.07) is 7.30. The number of aromatic nitrogens is 1. The topological polar surface area (TPSA) is 134 Å². The van der Waals surface area contributed by atoms with E-state index in [4.69, 9.17) is 26.2 Å². The van der Waals surface area contributed by atoms with Crippen molar-refractivity contribution >= 4 is 40.9 Å². The molecule has 1 aromatic carbocycles. The number of nitrogens with one attached hydrogen (secondary N) is 3. The Balaban J connectivity index is 1.24. The lowest BCUT2D eigenvalue weighted by Crippen LogP contribution is -2.37. The van der Waals surface area contributed by atoms with Gasteiger partial charge < -0.3 is 25.2 Å². The van der Waals surface area contributed by atoms with Gasteiger partial charge in [0.1, 0.15) is 11.9 Å². The third kappa shape index (κ3) is 5.80. The van der Waals surface area contributed by atoms with Gasteiger partial charge in [0, 0.05) is 11.8 Å². The maximum absolute atomic E-state index is 13.3. The Hall–Kier alpha value is -3.60. The molecule has 174 valence electrons. The van der Waals surface area contributed by atoms with E-state index in [1.807, 2.05) is 0 Å². The minimum atomic E-state index is -1.08. The molecule has 4 N–H and O–H groups in total. The molecule has 1 fully saturated rings. The monoisotopic (exact) mass is 477 g/mol. The largest absolute Gasteiger partial charge is 0.481 e. The first-order valence-corrected chi connectivity index (χ1v) is 10.6. The molecule has 1 aromatic heterocycles. The Morgan fingerprint density at radius 3 is 2.61 bits per heavy atom. The van der Waals surface area contributed by atoms with Crippen LogP contribution in [0, 0.1) is 11.7 Å². The summed E-state index contributed by atoms with van der Waals surface area (Å²) in [4.78, 5) is 27.7. The number of rotatable bonds is 6. The molecule has 1 atom stereocenters. The molecular formula is C21H21ClFN5O5. The molecule has 12 heteroatoms. The summed E-state index contributed by atoms with van der Waals surface area (Å²) in [7, 11) is 0. The molecule has 33 heavy (non-hydrogen) atoms. The smallest absolute Gasteiger partial charge is 0.313 e. The summed E-state index contributed by atoms with van der Waals surface area (Å²) in [6.45, 7) is 0. The van der Waals surface area contributed by atoms with Crippen LogP contribution in [0.25, 0.3) is 0 Å². The number of ether oxygens (including phenoxy) is 2. The van der Waals surface area contributed by atoms with Crippen LogP contribution in [0.3, 0.4) is 0 Å². The van der Waals surface area contributed by atoms with Crippen LogP contribution in [0.1, 0.15) is 25.7 Å². The molecule has 2 heterocycles. The number of hydrogen-bond donors (Lipinski definition) is 4. The molecule has 1 amide bonds. The van der Waals surface area contributed by atoms with E-state index in [1.165, 1.54) is 24.4 Å². The number of anilines is 2. The maximum atomic E-state index is 13.3. The lowest BCUT2D eigenvalue weighted by atomic mass is 9.87. The Labute approximate surface area is 193 Å². The van der Waals surface area contributed by atoms with Crippen LogP contribution in [-0.4, -0.2) is 40.3 Å². The highest BCUT2D eigenvalue weighted by molar-refractivity contribution is 6.31. The number of pyridine rings is 1. The Bertz CT molecular complexity index is 1060. The number of nitrogens with zero attached hydrogens (tertiary/aromatic N) is 2. The highest BCUT2D eigenvalue weighted by Gasteiger charge is 2.28. The van der Waals surface area contributed by atoms with E-state index in [0.29, 0.717) is 42.9 Å².